The van der Waals surface area contributed by atoms with Gasteiger partial charge in [-0.2, -0.15) is 0 Å². The highest BCUT2D eigenvalue weighted by atomic mass is 79.9. The molecule has 0 unspecified atom stereocenters. The average Bonchev–Trinajstić information content (AvgIpc) is 2.67. The van der Waals surface area contributed by atoms with Gasteiger partial charge in [0, 0.05) is 11.9 Å². The van der Waals surface area contributed by atoms with Gasteiger partial charge in [-0.05, 0) is 11.5 Å². The molecule has 0 aliphatic carbocycles. The lowest BCUT2D eigenvalue weighted by atomic mass is 10.1. The first-order valence-corrected chi connectivity index (χ1v) is 6.29. The molecule has 3 rings (SSSR count). The smallest absolute Gasteiger partial charge is 0.183 e. The van der Waals surface area contributed by atoms with Crippen molar-refractivity contribution in [3.8, 4) is 0 Å². The van der Waals surface area contributed by atoms with Crippen LogP contribution in [0.25, 0.3) is 21.0 Å². The first-order chi connectivity index (χ1) is 8.31. The van der Waals surface area contributed by atoms with E-state index in [1.807, 2.05) is 22.8 Å². The Hall–Kier alpha value is -1.39. The summed E-state index contributed by atoms with van der Waals surface area (Å²) in [5.41, 5.74) is 1.12. The third kappa shape index (κ3) is 1.91. The summed E-state index contributed by atoms with van der Waals surface area (Å²) in [6.45, 7) is 4.44. The minimum atomic E-state index is 0. The molecule has 0 saturated carbocycles. The fraction of sp³-hybridized carbons (Fsp3) is 0.0714. The zero-order valence-corrected chi connectivity index (χ0v) is 12.2. The van der Waals surface area contributed by atoms with Crippen molar-refractivity contribution in [3.05, 3.63) is 53.9 Å². The summed E-state index contributed by atoms with van der Waals surface area (Å²) in [5, 5.41) is 10.5. The fourth-order valence-corrected chi connectivity index (χ4v) is 3.18. The molecule has 0 bridgehead atoms. The fourth-order valence-electron chi connectivity index (χ4n) is 2.12. The van der Waals surface area contributed by atoms with E-state index in [2.05, 4.69) is 30.8 Å². The lowest BCUT2D eigenvalue weighted by Crippen LogP contribution is -2.11. The number of hydrogen-bond donors (Lipinski definition) is 1. The highest BCUT2D eigenvalue weighted by Crippen LogP contribution is 2.27. The topological polar surface area (TPSA) is 28.8 Å². The van der Waals surface area contributed by atoms with E-state index in [1.165, 1.54) is 26.8 Å². The predicted octanol–water partition coefficient (Wildman–Crippen LogP) is 4.10. The second kappa shape index (κ2) is 5.08. The first kappa shape index (κ1) is 13.1. The number of hydrogen-bond acceptors (Lipinski definition) is 2. The molecule has 0 spiro atoms. The van der Waals surface area contributed by atoms with Gasteiger partial charge in [-0.25, -0.2) is 0 Å². The lowest BCUT2D eigenvalue weighted by molar-refractivity contribution is 0.812. The van der Waals surface area contributed by atoms with E-state index >= 15 is 0 Å². The molecule has 3 aromatic rings. The maximum absolute atomic E-state index is 8.01. The lowest BCUT2D eigenvalue weighted by Gasteiger charge is -2.02. The molecule has 1 heterocycles. The van der Waals surface area contributed by atoms with Gasteiger partial charge < -0.3 is 4.57 Å². The normalized spacial score (nSPS) is 10.4. The van der Waals surface area contributed by atoms with Crippen molar-refractivity contribution >= 4 is 49.3 Å². The van der Waals surface area contributed by atoms with Crippen LogP contribution in [-0.4, -0.2) is 4.57 Å². The van der Waals surface area contributed by atoms with Crippen molar-refractivity contribution in [1.29, 1.82) is 5.41 Å². The van der Waals surface area contributed by atoms with Crippen LogP contribution in [0.1, 0.15) is 0 Å². The molecule has 1 N–H and O–H groups in total. The van der Waals surface area contributed by atoms with Gasteiger partial charge in [0.15, 0.2) is 4.80 Å². The van der Waals surface area contributed by atoms with E-state index < -0.39 is 0 Å². The summed E-state index contributed by atoms with van der Waals surface area (Å²) in [5.74, 6) is 0. The third-order valence-electron chi connectivity index (χ3n) is 2.91. The second-order valence-corrected chi connectivity index (χ2v) is 4.94. The van der Waals surface area contributed by atoms with Crippen molar-refractivity contribution in [2.24, 2.45) is 0 Å². The molecule has 2 nitrogen and oxygen atoms in total. The van der Waals surface area contributed by atoms with E-state index in [9.17, 15) is 0 Å². The SMILES string of the molecule is Br.C=CCn1c(=N)sc2c3ccccc3ccc21. The molecule has 0 aliphatic heterocycles. The van der Waals surface area contributed by atoms with Gasteiger partial charge in [-0.3, -0.25) is 5.41 Å². The minimum Gasteiger partial charge on any atom is -0.313 e. The standard InChI is InChI=1S/C14H12N2S.BrH/c1-2-9-16-12-8-7-10-5-3-4-6-11(10)13(12)17-14(16)15;/h2-8,15H,1,9H2;1H. The summed E-state index contributed by atoms with van der Waals surface area (Å²) in [6, 6.07) is 12.5. The Morgan fingerprint density at radius 3 is 2.78 bits per heavy atom. The van der Waals surface area contributed by atoms with Crippen LogP contribution in [0.3, 0.4) is 0 Å². The van der Waals surface area contributed by atoms with Crippen LogP contribution in [0.2, 0.25) is 0 Å². The van der Waals surface area contributed by atoms with Crippen LogP contribution in [0.15, 0.2) is 49.1 Å². The van der Waals surface area contributed by atoms with Crippen molar-refractivity contribution in [2.45, 2.75) is 6.54 Å². The number of benzene rings is 2. The Bertz CT molecular complexity index is 770. The van der Waals surface area contributed by atoms with E-state index in [1.54, 1.807) is 0 Å². The maximum atomic E-state index is 8.01. The number of thiazole rings is 1. The van der Waals surface area contributed by atoms with E-state index in [-0.39, 0.29) is 17.0 Å². The van der Waals surface area contributed by atoms with E-state index in [4.69, 9.17) is 5.41 Å². The molecule has 0 radical (unpaired) electrons. The van der Waals surface area contributed by atoms with Crippen LogP contribution in [0.5, 0.6) is 0 Å². The Balaban J connectivity index is 0.00000120. The van der Waals surface area contributed by atoms with Crippen LogP contribution in [0, 0.1) is 5.41 Å². The zero-order valence-electron chi connectivity index (χ0n) is 9.72. The summed E-state index contributed by atoms with van der Waals surface area (Å²) < 4.78 is 3.18. The number of allylic oxidation sites excluding steroid dienone is 1. The molecule has 0 saturated heterocycles. The molecule has 0 amide bonds. The summed E-state index contributed by atoms with van der Waals surface area (Å²) >= 11 is 1.53. The summed E-state index contributed by atoms with van der Waals surface area (Å²) in [4.78, 5) is 0.580. The van der Waals surface area contributed by atoms with Gasteiger partial charge in [-0.1, -0.05) is 47.7 Å². The van der Waals surface area contributed by atoms with Crippen molar-refractivity contribution < 1.29 is 0 Å². The quantitative estimate of drug-likeness (QED) is 0.689. The third-order valence-corrected chi connectivity index (χ3v) is 3.95. The van der Waals surface area contributed by atoms with Gasteiger partial charge in [-0.15, -0.1) is 23.6 Å². The Labute approximate surface area is 119 Å². The predicted molar refractivity (Wildman–Crippen MR) is 83.7 cm³/mol. The molecular formula is C14H13BrN2S. The molecule has 0 fully saturated rings. The molecule has 0 atom stereocenters. The first-order valence-electron chi connectivity index (χ1n) is 5.48. The van der Waals surface area contributed by atoms with E-state index in [0.717, 1.165) is 5.52 Å². The van der Waals surface area contributed by atoms with Crippen LogP contribution >= 0.6 is 28.3 Å². The number of aromatic nitrogens is 1. The van der Waals surface area contributed by atoms with Gasteiger partial charge in [0.25, 0.3) is 0 Å². The summed E-state index contributed by atoms with van der Waals surface area (Å²) in [7, 11) is 0. The molecule has 92 valence electrons. The largest absolute Gasteiger partial charge is 0.313 e. The second-order valence-electron chi connectivity index (χ2n) is 3.94. The Morgan fingerprint density at radius 1 is 1.22 bits per heavy atom. The highest BCUT2D eigenvalue weighted by molar-refractivity contribution is 8.93. The molecule has 1 aromatic heterocycles. The van der Waals surface area contributed by atoms with Crippen molar-refractivity contribution in [2.75, 3.05) is 0 Å². The van der Waals surface area contributed by atoms with Crippen molar-refractivity contribution in [3.63, 3.8) is 0 Å². The van der Waals surface area contributed by atoms with Gasteiger partial charge in [0.1, 0.15) is 0 Å². The number of nitrogens with one attached hydrogen (secondary N) is 1. The Kier molecular flexibility index (Phi) is 3.68. The zero-order chi connectivity index (χ0) is 11.8. The molecule has 18 heavy (non-hydrogen) atoms. The van der Waals surface area contributed by atoms with Crippen molar-refractivity contribution in [1.82, 2.24) is 4.57 Å². The average molecular weight is 321 g/mol. The van der Waals surface area contributed by atoms with Crippen LogP contribution < -0.4 is 4.80 Å². The van der Waals surface area contributed by atoms with Gasteiger partial charge >= 0.3 is 0 Å². The Morgan fingerprint density at radius 2 is 2.00 bits per heavy atom. The van der Waals surface area contributed by atoms with Gasteiger partial charge in [0.05, 0.1) is 10.2 Å². The van der Waals surface area contributed by atoms with Crippen LogP contribution in [0.4, 0.5) is 0 Å². The van der Waals surface area contributed by atoms with E-state index in [0.29, 0.717) is 11.3 Å². The number of halogens is 1. The number of fused-ring (bicyclic) bond motifs is 3. The van der Waals surface area contributed by atoms with Crippen LogP contribution in [-0.2, 0) is 6.54 Å². The molecule has 2 aromatic carbocycles. The number of nitrogens with zero attached hydrogens (tertiary/aromatic N) is 1. The molecular weight excluding hydrogens is 308 g/mol. The summed E-state index contributed by atoms with van der Waals surface area (Å²) in [6.07, 6.45) is 1.83. The number of rotatable bonds is 2. The monoisotopic (exact) mass is 320 g/mol. The molecule has 4 heteroatoms. The van der Waals surface area contributed by atoms with Gasteiger partial charge in [0.2, 0.25) is 0 Å². The highest BCUT2D eigenvalue weighted by Gasteiger charge is 2.07. The maximum Gasteiger partial charge on any atom is 0.183 e. The minimum absolute atomic E-state index is 0. The molecule has 0 aliphatic rings.